The van der Waals surface area contributed by atoms with Gasteiger partial charge in [-0.15, -0.1) is 0 Å². The van der Waals surface area contributed by atoms with E-state index < -0.39 is 0 Å². The molecule has 1 saturated heterocycles. The third-order valence-corrected chi connectivity index (χ3v) is 3.24. The zero-order valence-electron chi connectivity index (χ0n) is 6.11. The molecule has 2 unspecified atom stereocenters. The largest absolute Gasteiger partial charge is 0.311 e. The van der Waals surface area contributed by atoms with Crippen molar-refractivity contribution in [3.8, 4) is 0 Å². The molecule has 52 valence electrons. The van der Waals surface area contributed by atoms with Crippen molar-refractivity contribution in [2.45, 2.75) is 38.1 Å². The molecule has 1 nitrogen and oxygen atoms in total. The minimum Gasteiger partial charge on any atom is -0.311 e. The van der Waals surface area contributed by atoms with Gasteiger partial charge in [0, 0.05) is 5.54 Å². The molecule has 1 N–H and O–H groups in total. The van der Waals surface area contributed by atoms with E-state index in [1.807, 2.05) is 0 Å². The Bertz CT molecular complexity index is 114. The number of hydrogen-bond acceptors (Lipinski definition) is 1. The molecule has 0 amide bonds. The van der Waals surface area contributed by atoms with Crippen molar-refractivity contribution in [3.05, 3.63) is 0 Å². The average Bonchev–Trinajstić information content (AvgIpc) is 2.34. The molecular formula is C8H15N. The third-order valence-electron chi connectivity index (χ3n) is 3.24. The summed E-state index contributed by atoms with van der Waals surface area (Å²) in [5, 5.41) is 3.62. The van der Waals surface area contributed by atoms with Crippen molar-refractivity contribution < 1.29 is 0 Å². The predicted molar refractivity (Wildman–Crippen MR) is 38.4 cm³/mol. The van der Waals surface area contributed by atoms with Crippen LogP contribution < -0.4 is 5.32 Å². The number of hydrogen-bond donors (Lipinski definition) is 1. The molecule has 1 spiro atoms. The summed E-state index contributed by atoms with van der Waals surface area (Å²) in [6, 6.07) is 0. The van der Waals surface area contributed by atoms with E-state index in [1.165, 1.54) is 32.2 Å². The van der Waals surface area contributed by atoms with E-state index >= 15 is 0 Å². The number of nitrogens with one attached hydrogen (secondary N) is 1. The minimum absolute atomic E-state index is 0.625. The van der Waals surface area contributed by atoms with Crippen LogP contribution in [0.15, 0.2) is 0 Å². The Labute approximate surface area is 56.8 Å². The van der Waals surface area contributed by atoms with Crippen molar-refractivity contribution >= 4 is 0 Å². The molecule has 0 aromatic rings. The molecule has 2 aliphatic rings. The van der Waals surface area contributed by atoms with Crippen molar-refractivity contribution in [1.29, 1.82) is 0 Å². The molecule has 2 fully saturated rings. The lowest BCUT2D eigenvalue weighted by Gasteiger charge is -2.45. The molecular weight excluding hydrogens is 110 g/mol. The lowest BCUT2D eigenvalue weighted by molar-refractivity contribution is 0.120. The summed E-state index contributed by atoms with van der Waals surface area (Å²) in [6.45, 7) is 3.64. The molecule has 2 atom stereocenters. The summed E-state index contributed by atoms with van der Waals surface area (Å²) in [4.78, 5) is 0. The van der Waals surface area contributed by atoms with Gasteiger partial charge in [0.1, 0.15) is 0 Å². The van der Waals surface area contributed by atoms with Crippen LogP contribution >= 0.6 is 0 Å². The van der Waals surface area contributed by atoms with E-state index in [0.29, 0.717) is 5.54 Å². The quantitative estimate of drug-likeness (QED) is 0.518. The van der Waals surface area contributed by atoms with Gasteiger partial charge in [-0.1, -0.05) is 6.92 Å². The summed E-state index contributed by atoms with van der Waals surface area (Å²) in [7, 11) is 0. The van der Waals surface area contributed by atoms with Crippen LogP contribution in [0.3, 0.4) is 0 Å². The summed E-state index contributed by atoms with van der Waals surface area (Å²) >= 11 is 0. The normalized spacial score (nSPS) is 49.7. The second-order valence-corrected chi connectivity index (χ2v) is 3.63. The van der Waals surface area contributed by atoms with Gasteiger partial charge in [0.15, 0.2) is 0 Å². The van der Waals surface area contributed by atoms with Crippen LogP contribution in [-0.4, -0.2) is 12.1 Å². The molecule has 1 aliphatic heterocycles. The van der Waals surface area contributed by atoms with Crippen LogP contribution in [0.2, 0.25) is 0 Å². The highest BCUT2D eigenvalue weighted by molar-refractivity contribution is 5.03. The number of rotatable bonds is 0. The Hall–Kier alpha value is -0.0400. The lowest BCUT2D eigenvalue weighted by Crippen LogP contribution is -2.53. The first-order valence-corrected chi connectivity index (χ1v) is 4.08. The highest BCUT2D eigenvalue weighted by atomic mass is 15.0. The van der Waals surface area contributed by atoms with Gasteiger partial charge < -0.3 is 5.32 Å². The van der Waals surface area contributed by atoms with E-state index in [0.717, 1.165) is 5.92 Å². The molecule has 2 rings (SSSR count). The smallest absolute Gasteiger partial charge is 0.0207 e. The molecule has 9 heavy (non-hydrogen) atoms. The van der Waals surface area contributed by atoms with Crippen LogP contribution in [0.5, 0.6) is 0 Å². The Morgan fingerprint density at radius 3 is 2.56 bits per heavy atom. The van der Waals surface area contributed by atoms with Crippen molar-refractivity contribution in [1.82, 2.24) is 5.32 Å². The standard InChI is InChI=1S/C8H15N/c1-7-3-5-8(7)4-2-6-9-8/h7,9H,2-6H2,1H3. The Kier molecular flexibility index (Phi) is 1.10. The Morgan fingerprint density at radius 1 is 1.44 bits per heavy atom. The fourth-order valence-corrected chi connectivity index (χ4v) is 2.25. The van der Waals surface area contributed by atoms with Crippen molar-refractivity contribution in [3.63, 3.8) is 0 Å². The first kappa shape index (κ1) is 5.72. The zero-order chi connectivity index (χ0) is 6.32. The molecule has 0 bridgehead atoms. The van der Waals surface area contributed by atoms with Crippen LogP contribution in [0.1, 0.15) is 32.6 Å². The highest BCUT2D eigenvalue weighted by Gasteiger charge is 2.45. The minimum atomic E-state index is 0.625. The predicted octanol–water partition coefficient (Wildman–Crippen LogP) is 1.54. The van der Waals surface area contributed by atoms with E-state index in [-0.39, 0.29) is 0 Å². The molecule has 0 aromatic heterocycles. The summed E-state index contributed by atoms with van der Waals surface area (Å²) < 4.78 is 0. The van der Waals surface area contributed by atoms with E-state index in [4.69, 9.17) is 0 Å². The van der Waals surface area contributed by atoms with Crippen LogP contribution in [0, 0.1) is 5.92 Å². The second kappa shape index (κ2) is 1.72. The van der Waals surface area contributed by atoms with Gasteiger partial charge in [0.2, 0.25) is 0 Å². The topological polar surface area (TPSA) is 12.0 Å². The van der Waals surface area contributed by atoms with Gasteiger partial charge in [-0.05, 0) is 38.1 Å². The zero-order valence-corrected chi connectivity index (χ0v) is 6.11. The first-order chi connectivity index (χ1) is 4.33. The Morgan fingerprint density at radius 2 is 2.33 bits per heavy atom. The molecule has 1 saturated carbocycles. The molecule has 1 aliphatic carbocycles. The van der Waals surface area contributed by atoms with E-state index in [9.17, 15) is 0 Å². The maximum atomic E-state index is 3.62. The SMILES string of the molecule is CC1CCC12CCCN2. The molecule has 0 aromatic carbocycles. The first-order valence-electron chi connectivity index (χ1n) is 4.08. The van der Waals surface area contributed by atoms with Gasteiger partial charge in [-0.2, -0.15) is 0 Å². The maximum Gasteiger partial charge on any atom is 0.0207 e. The van der Waals surface area contributed by atoms with Crippen molar-refractivity contribution in [2.24, 2.45) is 5.92 Å². The van der Waals surface area contributed by atoms with Gasteiger partial charge in [0.05, 0.1) is 0 Å². The fourth-order valence-electron chi connectivity index (χ4n) is 2.25. The van der Waals surface area contributed by atoms with Gasteiger partial charge in [-0.25, -0.2) is 0 Å². The van der Waals surface area contributed by atoms with Crippen LogP contribution in [0.25, 0.3) is 0 Å². The van der Waals surface area contributed by atoms with Crippen LogP contribution in [0.4, 0.5) is 0 Å². The average molecular weight is 125 g/mol. The summed E-state index contributed by atoms with van der Waals surface area (Å²) in [6.07, 6.45) is 5.74. The monoisotopic (exact) mass is 125 g/mol. The molecule has 1 heteroatoms. The maximum absolute atomic E-state index is 3.62. The van der Waals surface area contributed by atoms with Gasteiger partial charge in [-0.3, -0.25) is 0 Å². The van der Waals surface area contributed by atoms with E-state index in [1.54, 1.807) is 0 Å². The lowest BCUT2D eigenvalue weighted by atomic mass is 9.67. The fraction of sp³-hybridized carbons (Fsp3) is 1.00. The highest BCUT2D eigenvalue weighted by Crippen LogP contribution is 2.43. The summed E-state index contributed by atoms with van der Waals surface area (Å²) in [5.74, 6) is 0.958. The van der Waals surface area contributed by atoms with Gasteiger partial charge >= 0.3 is 0 Å². The Balaban J connectivity index is 2.06. The second-order valence-electron chi connectivity index (χ2n) is 3.63. The molecule has 1 heterocycles. The third kappa shape index (κ3) is 0.644. The molecule has 0 radical (unpaired) electrons. The van der Waals surface area contributed by atoms with Crippen molar-refractivity contribution in [2.75, 3.05) is 6.54 Å². The summed E-state index contributed by atoms with van der Waals surface area (Å²) in [5.41, 5.74) is 0.625. The van der Waals surface area contributed by atoms with Gasteiger partial charge in [0.25, 0.3) is 0 Å². The van der Waals surface area contributed by atoms with Crippen LogP contribution in [-0.2, 0) is 0 Å². The van der Waals surface area contributed by atoms with E-state index in [2.05, 4.69) is 12.2 Å².